The second kappa shape index (κ2) is 7.59. The molecule has 0 amide bonds. The fraction of sp³-hybridized carbons (Fsp3) is 0.375. The standard InChI is InChI=1S/C16H22N4O/c1-3-9-17-14-12-15(20(2)10-11-21)19-16(18-14)13-7-5-4-6-8-13/h4-8,12,21H,3,9-11H2,1-2H3,(H,17,18,19). The summed E-state index contributed by atoms with van der Waals surface area (Å²) in [6, 6.07) is 11.8. The van der Waals surface area contributed by atoms with E-state index < -0.39 is 0 Å². The van der Waals surface area contributed by atoms with Gasteiger partial charge in [0.2, 0.25) is 0 Å². The molecule has 0 spiro atoms. The second-order valence-electron chi connectivity index (χ2n) is 4.87. The topological polar surface area (TPSA) is 61.3 Å². The number of anilines is 2. The molecule has 0 fully saturated rings. The van der Waals surface area contributed by atoms with Gasteiger partial charge in [0.05, 0.1) is 6.61 Å². The number of likely N-dealkylation sites (N-methyl/N-ethyl adjacent to an activating group) is 1. The van der Waals surface area contributed by atoms with Gasteiger partial charge in [0.1, 0.15) is 11.6 Å². The van der Waals surface area contributed by atoms with Crippen molar-refractivity contribution in [3.8, 4) is 11.4 Å². The SMILES string of the molecule is CCCNc1cc(N(C)CCO)nc(-c2ccccc2)n1. The van der Waals surface area contributed by atoms with Crippen LogP contribution in [0.4, 0.5) is 11.6 Å². The highest BCUT2D eigenvalue weighted by Crippen LogP contribution is 2.21. The molecule has 0 saturated carbocycles. The van der Waals surface area contributed by atoms with Gasteiger partial charge < -0.3 is 15.3 Å². The van der Waals surface area contributed by atoms with Gasteiger partial charge in [-0.15, -0.1) is 0 Å². The van der Waals surface area contributed by atoms with Gasteiger partial charge in [0.15, 0.2) is 5.82 Å². The monoisotopic (exact) mass is 286 g/mol. The van der Waals surface area contributed by atoms with Crippen LogP contribution in [-0.2, 0) is 0 Å². The smallest absolute Gasteiger partial charge is 0.163 e. The lowest BCUT2D eigenvalue weighted by Gasteiger charge is -2.18. The van der Waals surface area contributed by atoms with Crippen LogP contribution in [0.3, 0.4) is 0 Å². The van der Waals surface area contributed by atoms with Crippen molar-refractivity contribution < 1.29 is 5.11 Å². The van der Waals surface area contributed by atoms with Crippen LogP contribution in [0, 0.1) is 0 Å². The fourth-order valence-electron chi connectivity index (χ4n) is 1.95. The molecule has 0 atom stereocenters. The van der Waals surface area contributed by atoms with E-state index in [4.69, 9.17) is 5.11 Å². The van der Waals surface area contributed by atoms with Crippen LogP contribution >= 0.6 is 0 Å². The van der Waals surface area contributed by atoms with Crippen molar-refractivity contribution in [2.45, 2.75) is 13.3 Å². The Bertz CT molecular complexity index is 559. The Kier molecular flexibility index (Phi) is 5.51. The molecule has 0 aliphatic carbocycles. The number of nitrogens with one attached hydrogen (secondary N) is 1. The Hall–Kier alpha value is -2.14. The molecular weight excluding hydrogens is 264 g/mol. The lowest BCUT2D eigenvalue weighted by atomic mass is 10.2. The molecule has 0 bridgehead atoms. The molecule has 0 saturated heterocycles. The Morgan fingerprint density at radius 2 is 1.95 bits per heavy atom. The molecule has 112 valence electrons. The van der Waals surface area contributed by atoms with Crippen molar-refractivity contribution in [1.29, 1.82) is 0 Å². The van der Waals surface area contributed by atoms with Gasteiger partial charge in [-0.2, -0.15) is 0 Å². The summed E-state index contributed by atoms with van der Waals surface area (Å²) in [6.45, 7) is 3.62. The zero-order chi connectivity index (χ0) is 15.1. The maximum atomic E-state index is 9.09. The normalized spacial score (nSPS) is 10.4. The van der Waals surface area contributed by atoms with E-state index in [2.05, 4.69) is 22.2 Å². The third-order valence-electron chi connectivity index (χ3n) is 3.13. The van der Waals surface area contributed by atoms with Gasteiger partial charge in [0, 0.05) is 31.8 Å². The highest BCUT2D eigenvalue weighted by Gasteiger charge is 2.09. The number of benzene rings is 1. The number of aliphatic hydroxyl groups excluding tert-OH is 1. The highest BCUT2D eigenvalue weighted by molar-refractivity contribution is 5.61. The second-order valence-corrected chi connectivity index (χ2v) is 4.87. The first-order chi connectivity index (χ1) is 10.2. The largest absolute Gasteiger partial charge is 0.395 e. The quantitative estimate of drug-likeness (QED) is 0.818. The number of aliphatic hydroxyl groups is 1. The van der Waals surface area contributed by atoms with Crippen molar-refractivity contribution in [1.82, 2.24) is 9.97 Å². The molecule has 1 aromatic heterocycles. The van der Waals surface area contributed by atoms with Gasteiger partial charge in [0.25, 0.3) is 0 Å². The summed E-state index contributed by atoms with van der Waals surface area (Å²) in [5, 5.41) is 12.4. The van der Waals surface area contributed by atoms with E-state index in [0.717, 1.165) is 30.2 Å². The molecule has 5 nitrogen and oxygen atoms in total. The molecule has 0 aliphatic heterocycles. The third kappa shape index (κ3) is 4.16. The van der Waals surface area contributed by atoms with Gasteiger partial charge >= 0.3 is 0 Å². The predicted molar refractivity (Wildman–Crippen MR) is 86.6 cm³/mol. The van der Waals surface area contributed by atoms with E-state index in [1.54, 1.807) is 0 Å². The lowest BCUT2D eigenvalue weighted by molar-refractivity contribution is 0.304. The number of nitrogens with zero attached hydrogens (tertiary/aromatic N) is 3. The average molecular weight is 286 g/mol. The number of rotatable bonds is 7. The van der Waals surface area contributed by atoms with E-state index in [-0.39, 0.29) is 6.61 Å². The van der Waals surface area contributed by atoms with Crippen molar-refractivity contribution in [2.75, 3.05) is 37.0 Å². The van der Waals surface area contributed by atoms with Crippen LogP contribution in [0.5, 0.6) is 0 Å². The van der Waals surface area contributed by atoms with Crippen molar-refractivity contribution >= 4 is 11.6 Å². The van der Waals surface area contributed by atoms with Gasteiger partial charge in [-0.25, -0.2) is 9.97 Å². The minimum atomic E-state index is 0.0961. The summed E-state index contributed by atoms with van der Waals surface area (Å²) in [7, 11) is 1.91. The first-order valence-corrected chi connectivity index (χ1v) is 7.25. The van der Waals surface area contributed by atoms with Crippen molar-refractivity contribution in [3.05, 3.63) is 36.4 Å². The summed E-state index contributed by atoms with van der Waals surface area (Å²) in [4.78, 5) is 11.1. The van der Waals surface area contributed by atoms with E-state index in [1.807, 2.05) is 48.3 Å². The van der Waals surface area contributed by atoms with Crippen LogP contribution in [0.15, 0.2) is 36.4 Å². The van der Waals surface area contributed by atoms with E-state index in [0.29, 0.717) is 12.4 Å². The first-order valence-electron chi connectivity index (χ1n) is 7.25. The molecule has 1 aromatic carbocycles. The summed E-state index contributed by atoms with van der Waals surface area (Å²) < 4.78 is 0. The Labute approximate surface area is 125 Å². The zero-order valence-corrected chi connectivity index (χ0v) is 12.6. The Morgan fingerprint density at radius 3 is 2.62 bits per heavy atom. The van der Waals surface area contributed by atoms with Crippen LogP contribution in [0.1, 0.15) is 13.3 Å². The van der Waals surface area contributed by atoms with E-state index in [1.165, 1.54) is 0 Å². The van der Waals surface area contributed by atoms with Crippen LogP contribution in [0.2, 0.25) is 0 Å². The van der Waals surface area contributed by atoms with Gasteiger partial charge in [-0.05, 0) is 6.42 Å². The predicted octanol–water partition coefficient (Wildman–Crippen LogP) is 2.39. The lowest BCUT2D eigenvalue weighted by Crippen LogP contribution is -2.23. The van der Waals surface area contributed by atoms with Crippen molar-refractivity contribution in [3.63, 3.8) is 0 Å². The first kappa shape index (κ1) is 15.3. The maximum Gasteiger partial charge on any atom is 0.163 e. The summed E-state index contributed by atoms with van der Waals surface area (Å²) in [5.74, 6) is 2.30. The van der Waals surface area contributed by atoms with Crippen LogP contribution < -0.4 is 10.2 Å². The molecule has 0 radical (unpaired) electrons. The highest BCUT2D eigenvalue weighted by atomic mass is 16.3. The molecule has 0 unspecified atom stereocenters. The van der Waals surface area contributed by atoms with Gasteiger partial charge in [-0.3, -0.25) is 0 Å². The average Bonchev–Trinajstić information content (AvgIpc) is 2.53. The summed E-state index contributed by atoms with van der Waals surface area (Å²) in [6.07, 6.45) is 1.03. The minimum absolute atomic E-state index is 0.0961. The summed E-state index contributed by atoms with van der Waals surface area (Å²) in [5.41, 5.74) is 0.983. The van der Waals surface area contributed by atoms with Gasteiger partial charge in [-0.1, -0.05) is 37.3 Å². The molecule has 2 rings (SSSR count). The molecule has 2 N–H and O–H groups in total. The molecule has 2 aromatic rings. The zero-order valence-electron chi connectivity index (χ0n) is 12.6. The molecule has 5 heteroatoms. The minimum Gasteiger partial charge on any atom is -0.395 e. The fourth-order valence-corrected chi connectivity index (χ4v) is 1.95. The van der Waals surface area contributed by atoms with Crippen LogP contribution in [-0.4, -0.2) is 41.8 Å². The maximum absolute atomic E-state index is 9.09. The molecule has 1 heterocycles. The Balaban J connectivity index is 2.37. The third-order valence-corrected chi connectivity index (χ3v) is 3.13. The number of aromatic nitrogens is 2. The van der Waals surface area contributed by atoms with E-state index in [9.17, 15) is 0 Å². The molecule has 0 aliphatic rings. The van der Waals surface area contributed by atoms with Crippen LogP contribution in [0.25, 0.3) is 11.4 Å². The summed E-state index contributed by atoms with van der Waals surface area (Å²) >= 11 is 0. The molecular formula is C16H22N4O. The number of hydrogen-bond acceptors (Lipinski definition) is 5. The molecule has 21 heavy (non-hydrogen) atoms. The van der Waals surface area contributed by atoms with Crippen molar-refractivity contribution in [2.24, 2.45) is 0 Å². The van der Waals surface area contributed by atoms with E-state index >= 15 is 0 Å². The Morgan fingerprint density at radius 1 is 1.19 bits per heavy atom. The number of hydrogen-bond donors (Lipinski definition) is 2.